The topological polar surface area (TPSA) is 34.4 Å². The van der Waals surface area contributed by atoms with E-state index in [2.05, 4.69) is 5.32 Å². The summed E-state index contributed by atoms with van der Waals surface area (Å²) in [6.07, 6.45) is 3.34. The van der Waals surface area contributed by atoms with E-state index in [0.29, 0.717) is 18.9 Å². The summed E-state index contributed by atoms with van der Waals surface area (Å²) in [5.74, 6) is 0.321. The molecule has 2 rings (SSSR count). The van der Waals surface area contributed by atoms with Gasteiger partial charge < -0.3 is 14.5 Å². The van der Waals surface area contributed by atoms with E-state index in [1.165, 1.54) is 12.1 Å². The van der Waals surface area contributed by atoms with Crippen molar-refractivity contribution < 1.29 is 13.5 Å². The van der Waals surface area contributed by atoms with Gasteiger partial charge in [-0.05, 0) is 24.6 Å². The van der Waals surface area contributed by atoms with Crippen molar-refractivity contribution >= 4 is 0 Å². The fraction of sp³-hybridized carbons (Fsp3) is 0.286. The largest absolute Gasteiger partial charge is 0.492 e. The van der Waals surface area contributed by atoms with Crippen LogP contribution in [0.25, 0.3) is 0 Å². The lowest BCUT2D eigenvalue weighted by Crippen LogP contribution is -2.20. The minimum absolute atomic E-state index is 0.276. The first-order valence-corrected chi connectivity index (χ1v) is 5.86. The summed E-state index contributed by atoms with van der Waals surface area (Å²) in [7, 11) is 0. The number of benzene rings is 1. The lowest BCUT2D eigenvalue weighted by Gasteiger charge is -2.09. The van der Waals surface area contributed by atoms with Gasteiger partial charge in [0.25, 0.3) is 0 Å². The molecule has 0 spiro atoms. The molecule has 0 unspecified atom stereocenters. The van der Waals surface area contributed by atoms with Crippen molar-refractivity contribution in [3.05, 3.63) is 53.7 Å². The number of halogens is 1. The Bertz CT molecular complexity index is 483. The van der Waals surface area contributed by atoms with Crippen molar-refractivity contribution in [1.29, 1.82) is 0 Å². The molecule has 0 aliphatic heterocycles. The number of hydrogen-bond donors (Lipinski definition) is 1. The number of rotatable bonds is 6. The van der Waals surface area contributed by atoms with E-state index in [1.807, 2.05) is 13.0 Å². The maximum atomic E-state index is 13.0. The van der Waals surface area contributed by atoms with Gasteiger partial charge in [-0.1, -0.05) is 6.07 Å². The predicted octanol–water partition coefficient (Wildman–Crippen LogP) is 2.90. The van der Waals surface area contributed by atoms with Gasteiger partial charge in [-0.25, -0.2) is 4.39 Å². The number of nitrogens with one attached hydrogen (secondary N) is 1. The third-order valence-corrected chi connectivity index (χ3v) is 2.60. The molecule has 0 saturated heterocycles. The molecule has 0 radical (unpaired) electrons. The third kappa shape index (κ3) is 3.60. The molecule has 0 aliphatic rings. The van der Waals surface area contributed by atoms with Crippen LogP contribution in [-0.2, 0) is 6.54 Å². The van der Waals surface area contributed by atoms with Crippen LogP contribution in [-0.4, -0.2) is 13.2 Å². The Hall–Kier alpha value is -1.81. The molecule has 0 fully saturated rings. The highest BCUT2D eigenvalue weighted by Crippen LogP contribution is 2.18. The highest BCUT2D eigenvalue weighted by atomic mass is 19.1. The van der Waals surface area contributed by atoms with Crippen molar-refractivity contribution in [2.45, 2.75) is 13.5 Å². The van der Waals surface area contributed by atoms with E-state index < -0.39 is 0 Å². The standard InChI is InChI=1S/C14H16FNO2/c1-11-2-3-13(15)8-14(11)18-7-5-16-9-12-4-6-17-10-12/h2-4,6,8,10,16H,5,7,9H2,1H3. The molecule has 3 nitrogen and oxygen atoms in total. The number of hydrogen-bond acceptors (Lipinski definition) is 3. The molecule has 1 heterocycles. The van der Waals surface area contributed by atoms with Gasteiger partial charge >= 0.3 is 0 Å². The first-order chi connectivity index (χ1) is 8.75. The highest BCUT2D eigenvalue weighted by Gasteiger charge is 2.01. The second-order valence-electron chi connectivity index (χ2n) is 4.07. The minimum Gasteiger partial charge on any atom is -0.492 e. The average molecular weight is 249 g/mol. The maximum absolute atomic E-state index is 13.0. The molecule has 0 aliphatic carbocycles. The summed E-state index contributed by atoms with van der Waals surface area (Å²) in [5.41, 5.74) is 2.03. The lowest BCUT2D eigenvalue weighted by atomic mass is 10.2. The fourth-order valence-electron chi connectivity index (χ4n) is 1.59. The Morgan fingerprint density at radius 1 is 1.33 bits per heavy atom. The van der Waals surface area contributed by atoms with Gasteiger partial charge in [0, 0.05) is 24.7 Å². The Morgan fingerprint density at radius 2 is 2.22 bits per heavy atom. The number of ether oxygens (including phenoxy) is 1. The van der Waals surface area contributed by atoms with Crippen LogP contribution < -0.4 is 10.1 Å². The van der Waals surface area contributed by atoms with Crippen LogP contribution in [0.2, 0.25) is 0 Å². The SMILES string of the molecule is Cc1ccc(F)cc1OCCNCc1ccoc1. The maximum Gasteiger partial charge on any atom is 0.126 e. The quantitative estimate of drug-likeness (QED) is 0.799. The average Bonchev–Trinajstić information content (AvgIpc) is 2.86. The summed E-state index contributed by atoms with van der Waals surface area (Å²) in [4.78, 5) is 0. The van der Waals surface area contributed by atoms with Crippen molar-refractivity contribution in [2.24, 2.45) is 0 Å². The van der Waals surface area contributed by atoms with Gasteiger partial charge in [0.1, 0.15) is 18.2 Å². The van der Waals surface area contributed by atoms with Gasteiger partial charge in [-0.2, -0.15) is 0 Å². The van der Waals surface area contributed by atoms with Crippen LogP contribution >= 0.6 is 0 Å². The first-order valence-electron chi connectivity index (χ1n) is 5.86. The van der Waals surface area contributed by atoms with E-state index in [-0.39, 0.29) is 5.82 Å². The molecule has 0 saturated carbocycles. The second kappa shape index (κ2) is 6.21. The smallest absolute Gasteiger partial charge is 0.126 e. The van der Waals surface area contributed by atoms with Gasteiger partial charge in [-0.15, -0.1) is 0 Å². The van der Waals surface area contributed by atoms with Crippen LogP contribution in [0.4, 0.5) is 4.39 Å². The molecule has 96 valence electrons. The van der Waals surface area contributed by atoms with Crippen molar-refractivity contribution in [3.8, 4) is 5.75 Å². The molecule has 4 heteroatoms. The van der Waals surface area contributed by atoms with Crippen molar-refractivity contribution in [3.63, 3.8) is 0 Å². The van der Waals surface area contributed by atoms with Gasteiger partial charge in [-0.3, -0.25) is 0 Å². The van der Waals surface area contributed by atoms with Crippen molar-refractivity contribution in [2.75, 3.05) is 13.2 Å². The molecule has 1 aromatic heterocycles. The van der Waals surface area contributed by atoms with Gasteiger partial charge in [0.2, 0.25) is 0 Å². The first kappa shape index (κ1) is 12.6. The molecule has 1 N–H and O–H groups in total. The number of furan rings is 1. The summed E-state index contributed by atoms with van der Waals surface area (Å²) < 4.78 is 23.5. The fourth-order valence-corrected chi connectivity index (χ4v) is 1.59. The second-order valence-corrected chi connectivity index (χ2v) is 4.07. The van der Waals surface area contributed by atoms with Crippen LogP contribution in [0.5, 0.6) is 5.75 Å². The summed E-state index contributed by atoms with van der Waals surface area (Å²) in [6.45, 7) is 3.83. The van der Waals surface area contributed by atoms with Crippen molar-refractivity contribution in [1.82, 2.24) is 5.32 Å². The van der Waals surface area contributed by atoms with E-state index in [4.69, 9.17) is 9.15 Å². The minimum atomic E-state index is -0.276. The molecule has 0 amide bonds. The lowest BCUT2D eigenvalue weighted by molar-refractivity contribution is 0.310. The number of aryl methyl sites for hydroxylation is 1. The zero-order valence-corrected chi connectivity index (χ0v) is 10.3. The Morgan fingerprint density at radius 3 is 3.00 bits per heavy atom. The Balaban J connectivity index is 1.70. The summed E-state index contributed by atoms with van der Waals surface area (Å²) in [6, 6.07) is 6.46. The molecule has 2 aromatic rings. The monoisotopic (exact) mass is 249 g/mol. The molecule has 18 heavy (non-hydrogen) atoms. The zero-order valence-electron chi connectivity index (χ0n) is 10.3. The zero-order chi connectivity index (χ0) is 12.8. The third-order valence-electron chi connectivity index (χ3n) is 2.60. The molecule has 0 bridgehead atoms. The normalized spacial score (nSPS) is 10.6. The molecular formula is C14H16FNO2. The van der Waals surface area contributed by atoms with E-state index >= 15 is 0 Å². The Kier molecular flexibility index (Phi) is 4.36. The van der Waals surface area contributed by atoms with Gasteiger partial charge in [0.15, 0.2) is 0 Å². The molecular weight excluding hydrogens is 233 g/mol. The van der Waals surface area contributed by atoms with Crippen LogP contribution in [0.3, 0.4) is 0 Å². The predicted molar refractivity (Wildman–Crippen MR) is 67.0 cm³/mol. The molecule has 0 atom stereocenters. The van der Waals surface area contributed by atoms with Crippen LogP contribution in [0.1, 0.15) is 11.1 Å². The van der Waals surface area contributed by atoms with E-state index in [9.17, 15) is 4.39 Å². The summed E-state index contributed by atoms with van der Waals surface area (Å²) in [5, 5.41) is 3.21. The molecule has 1 aromatic carbocycles. The van der Waals surface area contributed by atoms with Gasteiger partial charge in [0.05, 0.1) is 12.5 Å². The Labute approximate surface area is 106 Å². The summed E-state index contributed by atoms with van der Waals surface area (Å²) >= 11 is 0. The van der Waals surface area contributed by atoms with E-state index in [0.717, 1.165) is 17.7 Å². The highest BCUT2D eigenvalue weighted by molar-refractivity contribution is 5.32. The van der Waals surface area contributed by atoms with Crippen LogP contribution in [0.15, 0.2) is 41.2 Å². The van der Waals surface area contributed by atoms with E-state index in [1.54, 1.807) is 18.6 Å². The van der Waals surface area contributed by atoms with Crippen LogP contribution in [0, 0.1) is 12.7 Å².